The molecule has 0 spiro atoms. The highest BCUT2D eigenvalue weighted by atomic mass is 16.5. The Hall–Kier alpha value is -2.17. The van der Waals surface area contributed by atoms with Gasteiger partial charge in [-0.25, -0.2) is 4.79 Å². The Morgan fingerprint density at radius 1 is 1.32 bits per heavy atom. The Labute approximate surface area is 110 Å². The summed E-state index contributed by atoms with van der Waals surface area (Å²) >= 11 is 0. The Balaban J connectivity index is 1.94. The summed E-state index contributed by atoms with van der Waals surface area (Å²) in [5.41, 5.74) is 0.498. The van der Waals surface area contributed by atoms with Crippen LogP contribution < -0.4 is 5.32 Å². The minimum absolute atomic E-state index is 0.163. The highest BCUT2D eigenvalue weighted by Crippen LogP contribution is 2.11. The SMILES string of the molecule is C[C@H](OC(=O)[C@@H]1CCC(=O)N1)C(=O)c1ccccc1. The summed E-state index contributed by atoms with van der Waals surface area (Å²) in [5, 5.41) is 2.51. The van der Waals surface area contributed by atoms with E-state index in [-0.39, 0.29) is 11.7 Å². The van der Waals surface area contributed by atoms with Gasteiger partial charge in [-0.3, -0.25) is 9.59 Å². The van der Waals surface area contributed by atoms with Gasteiger partial charge >= 0.3 is 5.97 Å². The number of amides is 1. The van der Waals surface area contributed by atoms with Crippen LogP contribution in [0.3, 0.4) is 0 Å². The summed E-state index contributed by atoms with van der Waals surface area (Å²) in [7, 11) is 0. The molecule has 100 valence electrons. The summed E-state index contributed by atoms with van der Waals surface area (Å²) in [6, 6.07) is 8.02. The predicted octanol–water partition coefficient (Wildman–Crippen LogP) is 1.08. The van der Waals surface area contributed by atoms with Crippen LogP contribution in [0.25, 0.3) is 0 Å². The summed E-state index contributed by atoms with van der Waals surface area (Å²) in [6.45, 7) is 1.53. The first-order chi connectivity index (χ1) is 9.08. The van der Waals surface area contributed by atoms with Crippen molar-refractivity contribution in [3.8, 4) is 0 Å². The van der Waals surface area contributed by atoms with E-state index in [2.05, 4.69) is 5.32 Å². The van der Waals surface area contributed by atoms with E-state index in [4.69, 9.17) is 4.74 Å². The summed E-state index contributed by atoms with van der Waals surface area (Å²) in [4.78, 5) is 34.8. The maximum absolute atomic E-state index is 12.0. The third kappa shape index (κ3) is 3.19. The van der Waals surface area contributed by atoms with Gasteiger partial charge in [0.15, 0.2) is 6.10 Å². The number of nitrogens with one attached hydrogen (secondary N) is 1. The average Bonchev–Trinajstić information content (AvgIpc) is 2.85. The summed E-state index contributed by atoms with van der Waals surface area (Å²) < 4.78 is 5.10. The van der Waals surface area contributed by atoms with Crippen LogP contribution >= 0.6 is 0 Å². The Morgan fingerprint density at radius 3 is 2.58 bits per heavy atom. The quantitative estimate of drug-likeness (QED) is 0.650. The van der Waals surface area contributed by atoms with Crippen molar-refractivity contribution in [2.24, 2.45) is 0 Å². The van der Waals surface area contributed by atoms with Crippen molar-refractivity contribution in [1.82, 2.24) is 5.32 Å². The third-order valence-electron chi connectivity index (χ3n) is 3.00. The summed E-state index contributed by atoms with van der Waals surface area (Å²) in [6.07, 6.45) is -0.113. The molecule has 1 aromatic rings. The molecule has 1 aliphatic heterocycles. The van der Waals surface area contributed by atoms with Crippen molar-refractivity contribution >= 4 is 17.7 Å². The van der Waals surface area contributed by atoms with E-state index in [1.165, 1.54) is 6.92 Å². The van der Waals surface area contributed by atoms with Gasteiger partial charge in [-0.05, 0) is 13.3 Å². The standard InChI is InChI=1S/C14H15NO4/c1-9(13(17)10-5-3-2-4-6-10)19-14(18)11-7-8-12(16)15-11/h2-6,9,11H,7-8H2,1H3,(H,15,16)/t9-,11-/m0/s1. The van der Waals surface area contributed by atoms with Gasteiger partial charge < -0.3 is 10.1 Å². The molecule has 1 N–H and O–H groups in total. The Kier molecular flexibility index (Phi) is 3.94. The van der Waals surface area contributed by atoms with Gasteiger partial charge in [0.1, 0.15) is 6.04 Å². The van der Waals surface area contributed by atoms with Crippen molar-refractivity contribution in [3.05, 3.63) is 35.9 Å². The molecule has 1 amide bonds. The summed E-state index contributed by atoms with van der Waals surface area (Å²) in [5.74, 6) is -0.968. The van der Waals surface area contributed by atoms with Crippen LogP contribution in [0, 0.1) is 0 Å². The molecule has 1 aliphatic rings. The topological polar surface area (TPSA) is 72.5 Å². The van der Waals surface area contributed by atoms with Crippen molar-refractivity contribution < 1.29 is 19.1 Å². The lowest BCUT2D eigenvalue weighted by atomic mass is 10.1. The maximum Gasteiger partial charge on any atom is 0.329 e. The van der Waals surface area contributed by atoms with Gasteiger partial charge in [-0.1, -0.05) is 30.3 Å². The Morgan fingerprint density at radius 2 is 2.00 bits per heavy atom. The van der Waals surface area contributed by atoms with Crippen LogP contribution in [0.15, 0.2) is 30.3 Å². The molecule has 0 unspecified atom stereocenters. The second-order valence-electron chi connectivity index (χ2n) is 4.47. The number of ether oxygens (including phenoxy) is 1. The first kappa shape index (κ1) is 13.3. The van der Waals surface area contributed by atoms with E-state index in [1.54, 1.807) is 24.3 Å². The number of esters is 1. The number of ketones is 1. The number of carbonyl (C=O) groups excluding carboxylic acids is 3. The van der Waals surface area contributed by atoms with Gasteiger partial charge in [-0.2, -0.15) is 0 Å². The fourth-order valence-electron chi connectivity index (χ4n) is 1.94. The molecular formula is C14H15NO4. The largest absolute Gasteiger partial charge is 0.453 e. The third-order valence-corrected chi connectivity index (χ3v) is 3.00. The molecule has 1 heterocycles. The molecule has 0 saturated carbocycles. The van der Waals surface area contributed by atoms with E-state index >= 15 is 0 Å². The van der Waals surface area contributed by atoms with Gasteiger partial charge in [0.05, 0.1) is 0 Å². The lowest BCUT2D eigenvalue weighted by Crippen LogP contribution is -2.37. The van der Waals surface area contributed by atoms with Gasteiger partial charge in [0.2, 0.25) is 11.7 Å². The van der Waals surface area contributed by atoms with Gasteiger partial charge in [0, 0.05) is 12.0 Å². The zero-order valence-electron chi connectivity index (χ0n) is 10.6. The van der Waals surface area contributed by atoms with E-state index in [9.17, 15) is 14.4 Å². The molecule has 2 atom stereocenters. The normalized spacial score (nSPS) is 19.6. The molecule has 2 rings (SSSR count). The molecule has 0 aromatic heterocycles. The van der Waals surface area contributed by atoms with Gasteiger partial charge in [-0.15, -0.1) is 0 Å². The second kappa shape index (κ2) is 5.65. The lowest BCUT2D eigenvalue weighted by Gasteiger charge is -2.15. The first-order valence-electron chi connectivity index (χ1n) is 6.17. The smallest absolute Gasteiger partial charge is 0.329 e. The zero-order chi connectivity index (χ0) is 13.8. The number of hydrogen-bond acceptors (Lipinski definition) is 4. The van der Waals surface area contributed by atoms with Crippen molar-refractivity contribution in [1.29, 1.82) is 0 Å². The molecule has 0 radical (unpaired) electrons. The van der Waals surface area contributed by atoms with E-state index < -0.39 is 18.1 Å². The Bertz CT molecular complexity index is 497. The van der Waals surface area contributed by atoms with Crippen molar-refractivity contribution in [3.63, 3.8) is 0 Å². The molecule has 0 bridgehead atoms. The molecule has 0 aliphatic carbocycles. The predicted molar refractivity (Wildman–Crippen MR) is 67.5 cm³/mol. The van der Waals surface area contributed by atoms with Crippen molar-refractivity contribution in [2.75, 3.05) is 0 Å². The minimum Gasteiger partial charge on any atom is -0.453 e. The van der Waals surface area contributed by atoms with Crippen LogP contribution in [0.5, 0.6) is 0 Å². The number of rotatable bonds is 4. The highest BCUT2D eigenvalue weighted by molar-refractivity contribution is 6.00. The van der Waals surface area contributed by atoms with Crippen LogP contribution in [0.1, 0.15) is 30.1 Å². The van der Waals surface area contributed by atoms with Crippen LogP contribution in [0.4, 0.5) is 0 Å². The molecule has 1 saturated heterocycles. The number of carbonyl (C=O) groups is 3. The molecule has 5 heteroatoms. The van der Waals surface area contributed by atoms with E-state index in [1.807, 2.05) is 6.07 Å². The maximum atomic E-state index is 12.0. The van der Waals surface area contributed by atoms with E-state index in [0.717, 1.165) is 0 Å². The van der Waals surface area contributed by atoms with Crippen LogP contribution in [-0.4, -0.2) is 29.8 Å². The van der Waals surface area contributed by atoms with Gasteiger partial charge in [0.25, 0.3) is 0 Å². The monoisotopic (exact) mass is 261 g/mol. The number of hydrogen-bond donors (Lipinski definition) is 1. The van der Waals surface area contributed by atoms with Crippen LogP contribution in [0.2, 0.25) is 0 Å². The first-order valence-corrected chi connectivity index (χ1v) is 6.17. The zero-order valence-corrected chi connectivity index (χ0v) is 10.6. The lowest BCUT2D eigenvalue weighted by molar-refractivity contribution is -0.149. The minimum atomic E-state index is -0.854. The molecular weight excluding hydrogens is 246 g/mol. The van der Waals surface area contributed by atoms with Crippen molar-refractivity contribution in [2.45, 2.75) is 31.9 Å². The second-order valence-corrected chi connectivity index (χ2v) is 4.47. The molecule has 19 heavy (non-hydrogen) atoms. The average molecular weight is 261 g/mol. The fraction of sp³-hybridized carbons (Fsp3) is 0.357. The van der Waals surface area contributed by atoms with E-state index in [0.29, 0.717) is 18.4 Å². The highest BCUT2D eigenvalue weighted by Gasteiger charge is 2.30. The fourth-order valence-corrected chi connectivity index (χ4v) is 1.94. The number of benzene rings is 1. The molecule has 1 fully saturated rings. The molecule has 5 nitrogen and oxygen atoms in total. The molecule has 1 aromatic carbocycles. The van der Waals surface area contributed by atoms with Crippen LogP contribution in [-0.2, 0) is 14.3 Å². The number of Topliss-reactive ketones (excluding diaryl/α,β-unsaturated/α-hetero) is 1.